The Morgan fingerprint density at radius 2 is 1.65 bits per heavy atom. The molecule has 194 valence electrons. The molecule has 3 rings (SSSR count). The van der Waals surface area contributed by atoms with Crippen LogP contribution in [0.2, 0.25) is 0 Å². The lowest BCUT2D eigenvalue weighted by molar-refractivity contribution is -0.139. The molecule has 8 nitrogen and oxygen atoms in total. The lowest BCUT2D eigenvalue weighted by atomic mass is 9.99. The molecule has 0 spiro atoms. The molecule has 0 fully saturated rings. The van der Waals surface area contributed by atoms with Crippen LogP contribution in [0.3, 0.4) is 0 Å². The van der Waals surface area contributed by atoms with Crippen molar-refractivity contribution in [3.05, 3.63) is 95.1 Å². The van der Waals surface area contributed by atoms with E-state index in [0.717, 1.165) is 30.6 Å². The maximum absolute atomic E-state index is 11.2. The summed E-state index contributed by atoms with van der Waals surface area (Å²) in [6.07, 6.45) is 5.57. The van der Waals surface area contributed by atoms with Gasteiger partial charge in [0.05, 0.1) is 19.3 Å². The van der Waals surface area contributed by atoms with Crippen LogP contribution in [0.4, 0.5) is 0 Å². The summed E-state index contributed by atoms with van der Waals surface area (Å²) in [5, 5.41) is 29.0. The highest BCUT2D eigenvalue weighted by molar-refractivity contribution is 5.87. The molecule has 37 heavy (non-hydrogen) atoms. The summed E-state index contributed by atoms with van der Waals surface area (Å²) in [6, 6.07) is 18.5. The van der Waals surface area contributed by atoms with Crippen LogP contribution in [-0.2, 0) is 4.79 Å². The molecule has 1 unspecified atom stereocenters. The molecule has 0 saturated heterocycles. The fourth-order valence-corrected chi connectivity index (χ4v) is 3.58. The number of ether oxygens (including phenoxy) is 3. The molecule has 0 aromatic heterocycles. The summed E-state index contributed by atoms with van der Waals surface area (Å²) in [5.74, 6) is -0.872. The molecular formula is C29H30O8. The Morgan fingerprint density at radius 1 is 0.892 bits per heavy atom. The van der Waals surface area contributed by atoms with Crippen LogP contribution in [0.1, 0.15) is 52.4 Å². The first-order valence-corrected chi connectivity index (χ1v) is 11.8. The van der Waals surface area contributed by atoms with Crippen LogP contribution in [0.5, 0.6) is 17.2 Å². The van der Waals surface area contributed by atoms with Crippen LogP contribution in [0.25, 0.3) is 6.08 Å². The average Bonchev–Trinajstić information content (AvgIpc) is 2.91. The number of allylic oxidation sites excluding steroid dienone is 1. The van der Waals surface area contributed by atoms with Gasteiger partial charge in [-0.05, 0) is 72.4 Å². The minimum Gasteiger partial charge on any atom is -0.497 e. The maximum atomic E-state index is 11.2. The average molecular weight is 507 g/mol. The number of carboxylic acids is 2. The monoisotopic (exact) mass is 506 g/mol. The topological polar surface area (TPSA) is 123 Å². The van der Waals surface area contributed by atoms with Gasteiger partial charge in [0, 0.05) is 0 Å². The first-order valence-electron chi connectivity index (χ1n) is 11.8. The summed E-state index contributed by atoms with van der Waals surface area (Å²) in [5.41, 5.74) is 1.95. The van der Waals surface area contributed by atoms with Crippen molar-refractivity contribution in [1.82, 2.24) is 0 Å². The van der Waals surface area contributed by atoms with E-state index in [1.807, 2.05) is 30.3 Å². The number of aliphatic carboxylic acids is 1. The molecule has 3 N–H and O–H groups in total. The van der Waals surface area contributed by atoms with Crippen molar-refractivity contribution in [3.63, 3.8) is 0 Å². The highest BCUT2D eigenvalue weighted by Crippen LogP contribution is 2.33. The second-order valence-electron chi connectivity index (χ2n) is 8.24. The van der Waals surface area contributed by atoms with Crippen molar-refractivity contribution in [2.24, 2.45) is 0 Å². The Morgan fingerprint density at radius 3 is 2.35 bits per heavy atom. The number of aliphatic hydroxyl groups excluding tert-OH is 1. The standard InChI is InChI=1S/C29H30O8/c1-35-24-13-10-20(11-14-24)7-4-2-3-5-16-36-25-15-12-22(18-26(25)37-19-27(30)31)28(32)21-8-6-9-23(17-21)29(33)34/h4,6-15,17-18,28,32H,2-3,5,16,19H2,1H3,(H,30,31)(H,33,34). The first kappa shape index (κ1) is 27.3. The van der Waals surface area contributed by atoms with Gasteiger partial charge >= 0.3 is 11.9 Å². The number of hydrogen-bond acceptors (Lipinski definition) is 6. The van der Waals surface area contributed by atoms with Gasteiger partial charge in [-0.1, -0.05) is 42.5 Å². The van der Waals surface area contributed by atoms with E-state index in [1.165, 1.54) is 18.2 Å². The third-order valence-electron chi connectivity index (χ3n) is 5.53. The molecule has 0 radical (unpaired) electrons. The van der Waals surface area contributed by atoms with Gasteiger partial charge in [0.2, 0.25) is 0 Å². The van der Waals surface area contributed by atoms with Gasteiger partial charge in [-0.25, -0.2) is 9.59 Å². The Balaban J connectivity index is 1.58. The minimum atomic E-state index is -1.14. The molecule has 0 heterocycles. The van der Waals surface area contributed by atoms with Gasteiger partial charge in [-0.3, -0.25) is 0 Å². The summed E-state index contributed by atoms with van der Waals surface area (Å²) in [6.45, 7) is -0.164. The zero-order valence-electron chi connectivity index (χ0n) is 20.5. The molecule has 0 aliphatic carbocycles. The maximum Gasteiger partial charge on any atom is 0.341 e. The van der Waals surface area contributed by atoms with E-state index >= 15 is 0 Å². The van der Waals surface area contributed by atoms with E-state index in [9.17, 15) is 19.8 Å². The van der Waals surface area contributed by atoms with E-state index in [-0.39, 0.29) is 11.3 Å². The Labute approximate surface area is 215 Å². The lowest BCUT2D eigenvalue weighted by Gasteiger charge is -2.16. The number of aromatic carboxylic acids is 1. The summed E-state index contributed by atoms with van der Waals surface area (Å²) in [7, 11) is 1.63. The van der Waals surface area contributed by atoms with E-state index in [4.69, 9.17) is 19.3 Å². The lowest BCUT2D eigenvalue weighted by Crippen LogP contribution is -2.11. The number of carbonyl (C=O) groups is 2. The number of rotatable bonds is 14. The predicted octanol–water partition coefficient (Wildman–Crippen LogP) is 5.20. The van der Waals surface area contributed by atoms with Crippen LogP contribution in [-0.4, -0.2) is 47.6 Å². The molecule has 8 heteroatoms. The molecular weight excluding hydrogens is 476 g/mol. The summed E-state index contributed by atoms with van der Waals surface area (Å²) in [4.78, 5) is 22.3. The van der Waals surface area contributed by atoms with Crippen molar-refractivity contribution in [2.75, 3.05) is 20.3 Å². The number of hydrogen-bond donors (Lipinski definition) is 3. The van der Waals surface area contributed by atoms with Crippen molar-refractivity contribution < 1.29 is 39.1 Å². The number of benzene rings is 3. The fraction of sp³-hybridized carbons (Fsp3) is 0.241. The van der Waals surface area contributed by atoms with Gasteiger partial charge < -0.3 is 29.5 Å². The van der Waals surface area contributed by atoms with E-state index in [2.05, 4.69) is 6.08 Å². The van der Waals surface area contributed by atoms with E-state index in [1.54, 1.807) is 31.4 Å². The van der Waals surface area contributed by atoms with Crippen LogP contribution in [0.15, 0.2) is 72.8 Å². The molecule has 1 atom stereocenters. The van der Waals surface area contributed by atoms with Crippen LogP contribution >= 0.6 is 0 Å². The largest absolute Gasteiger partial charge is 0.497 e. The zero-order valence-corrected chi connectivity index (χ0v) is 20.5. The van der Waals surface area contributed by atoms with Crippen LogP contribution in [0, 0.1) is 0 Å². The van der Waals surface area contributed by atoms with Crippen molar-refractivity contribution in [3.8, 4) is 17.2 Å². The SMILES string of the molecule is COc1ccc(C=CCCCCOc2ccc(C(O)c3cccc(C(=O)O)c3)cc2OCC(=O)O)cc1. The van der Waals surface area contributed by atoms with E-state index < -0.39 is 24.6 Å². The molecule has 0 aliphatic heterocycles. The number of carboxylic acid groups (broad SMARTS) is 2. The third kappa shape index (κ3) is 8.40. The molecule has 0 amide bonds. The van der Waals surface area contributed by atoms with Crippen molar-refractivity contribution in [1.29, 1.82) is 0 Å². The van der Waals surface area contributed by atoms with Crippen molar-refractivity contribution >= 4 is 18.0 Å². The van der Waals surface area contributed by atoms with Gasteiger partial charge in [0.25, 0.3) is 0 Å². The molecule has 0 saturated carbocycles. The van der Waals surface area contributed by atoms with Crippen molar-refractivity contribution in [2.45, 2.75) is 25.4 Å². The second-order valence-corrected chi connectivity index (χ2v) is 8.24. The Bertz CT molecular complexity index is 1220. The van der Waals surface area contributed by atoms with Gasteiger partial charge in [0.15, 0.2) is 18.1 Å². The van der Waals surface area contributed by atoms with E-state index in [0.29, 0.717) is 23.5 Å². The third-order valence-corrected chi connectivity index (χ3v) is 5.53. The number of methoxy groups -OCH3 is 1. The normalized spacial score (nSPS) is 11.7. The fourth-order valence-electron chi connectivity index (χ4n) is 3.58. The highest BCUT2D eigenvalue weighted by atomic mass is 16.5. The molecule has 0 aliphatic rings. The number of unbranched alkanes of at least 4 members (excludes halogenated alkanes) is 2. The van der Waals surface area contributed by atoms with Crippen LogP contribution < -0.4 is 14.2 Å². The Kier molecular flexibility index (Phi) is 10.1. The summed E-state index contributed by atoms with van der Waals surface area (Å²) >= 11 is 0. The predicted molar refractivity (Wildman–Crippen MR) is 138 cm³/mol. The molecule has 3 aromatic rings. The quantitative estimate of drug-likeness (QED) is 0.255. The molecule has 0 bridgehead atoms. The highest BCUT2D eigenvalue weighted by Gasteiger charge is 2.16. The zero-order chi connectivity index (χ0) is 26.6. The summed E-state index contributed by atoms with van der Waals surface area (Å²) < 4.78 is 16.4. The second kappa shape index (κ2) is 13.7. The first-order chi connectivity index (χ1) is 17.9. The molecule has 3 aromatic carbocycles. The van der Waals surface area contributed by atoms with Gasteiger partial charge in [0.1, 0.15) is 11.9 Å². The smallest absolute Gasteiger partial charge is 0.341 e. The Hall–Kier alpha value is -4.30. The minimum absolute atomic E-state index is 0.0534. The van der Waals surface area contributed by atoms with Gasteiger partial charge in [-0.15, -0.1) is 0 Å². The number of aliphatic hydroxyl groups is 1. The van der Waals surface area contributed by atoms with Gasteiger partial charge in [-0.2, -0.15) is 0 Å².